The minimum atomic E-state index is -4.13. The first-order valence-electron chi connectivity index (χ1n) is 6.78. The molecule has 0 aromatic carbocycles. The van der Waals surface area contributed by atoms with Crippen molar-refractivity contribution in [2.24, 2.45) is 5.92 Å². The molecule has 1 saturated heterocycles. The van der Waals surface area contributed by atoms with Crippen molar-refractivity contribution in [1.82, 2.24) is 14.9 Å². The molecule has 1 aromatic heterocycles. The Morgan fingerprint density at radius 2 is 2.19 bits per heavy atom. The van der Waals surface area contributed by atoms with Gasteiger partial charge in [0.2, 0.25) is 5.88 Å². The van der Waals surface area contributed by atoms with Crippen LogP contribution in [0.1, 0.15) is 12.2 Å². The molecule has 8 heteroatoms. The fraction of sp³-hybridized carbons (Fsp3) is 0.692. The Balaban J connectivity index is 1.83. The summed E-state index contributed by atoms with van der Waals surface area (Å²) in [6, 6.07) is 1.68. The smallest absolute Gasteiger partial charge is 0.401 e. The molecule has 118 valence electrons. The van der Waals surface area contributed by atoms with Crippen molar-refractivity contribution in [3.8, 4) is 5.88 Å². The van der Waals surface area contributed by atoms with Gasteiger partial charge >= 0.3 is 6.18 Å². The van der Waals surface area contributed by atoms with Crippen LogP contribution < -0.4 is 10.1 Å². The molecule has 1 aliphatic rings. The summed E-state index contributed by atoms with van der Waals surface area (Å²) in [6.45, 7) is 2.46. The average Bonchev–Trinajstić information content (AvgIpc) is 2.81. The molecule has 0 aliphatic carbocycles. The van der Waals surface area contributed by atoms with E-state index in [1.54, 1.807) is 13.0 Å². The third-order valence-corrected chi connectivity index (χ3v) is 3.37. The Morgan fingerprint density at radius 1 is 1.43 bits per heavy atom. The maximum absolute atomic E-state index is 12.3. The summed E-state index contributed by atoms with van der Waals surface area (Å²) in [7, 11) is 1.53. The highest BCUT2D eigenvalue weighted by molar-refractivity contribution is 5.38. The summed E-state index contributed by atoms with van der Waals surface area (Å²) in [4.78, 5) is 9.75. The maximum Gasteiger partial charge on any atom is 0.401 e. The maximum atomic E-state index is 12.3. The van der Waals surface area contributed by atoms with Gasteiger partial charge in [-0.25, -0.2) is 4.98 Å². The van der Waals surface area contributed by atoms with E-state index in [2.05, 4.69) is 15.3 Å². The molecule has 1 fully saturated rings. The van der Waals surface area contributed by atoms with Crippen LogP contribution in [0.3, 0.4) is 0 Å². The van der Waals surface area contributed by atoms with Crippen molar-refractivity contribution < 1.29 is 17.9 Å². The highest BCUT2D eigenvalue weighted by Gasteiger charge is 2.34. The standard InChI is InChI=1S/C13H19F3N4O/c1-9-18-11(5-12(19-9)21-2)17-6-10-3-4-20(7-10)8-13(14,15)16/h5,10H,3-4,6-8H2,1-2H3,(H,17,18,19). The molecule has 1 N–H and O–H groups in total. The summed E-state index contributed by atoms with van der Waals surface area (Å²) in [5, 5.41) is 3.15. The van der Waals surface area contributed by atoms with Crippen LogP contribution in [0.15, 0.2) is 6.07 Å². The summed E-state index contributed by atoms with van der Waals surface area (Å²) in [5.41, 5.74) is 0. The van der Waals surface area contributed by atoms with Gasteiger partial charge in [-0.15, -0.1) is 0 Å². The highest BCUT2D eigenvalue weighted by Crippen LogP contribution is 2.23. The summed E-state index contributed by atoms with van der Waals surface area (Å²) in [6.07, 6.45) is -3.37. The lowest BCUT2D eigenvalue weighted by Crippen LogP contribution is -2.33. The van der Waals surface area contributed by atoms with E-state index in [4.69, 9.17) is 4.74 Å². The summed E-state index contributed by atoms with van der Waals surface area (Å²) >= 11 is 0. The quantitative estimate of drug-likeness (QED) is 0.902. The molecule has 2 heterocycles. The van der Waals surface area contributed by atoms with Crippen molar-refractivity contribution in [1.29, 1.82) is 0 Å². The molecule has 0 saturated carbocycles. The van der Waals surface area contributed by atoms with Gasteiger partial charge in [0.05, 0.1) is 13.7 Å². The normalized spacial score (nSPS) is 19.8. The molecule has 21 heavy (non-hydrogen) atoms. The van der Waals surface area contributed by atoms with E-state index < -0.39 is 12.7 Å². The molecule has 2 rings (SSSR count). The molecule has 0 amide bonds. The number of halogens is 3. The zero-order chi connectivity index (χ0) is 15.5. The molecule has 5 nitrogen and oxygen atoms in total. The number of alkyl halides is 3. The first-order valence-corrected chi connectivity index (χ1v) is 6.78. The van der Waals surface area contributed by atoms with Crippen molar-refractivity contribution >= 4 is 5.82 Å². The van der Waals surface area contributed by atoms with Gasteiger partial charge in [-0.2, -0.15) is 18.2 Å². The van der Waals surface area contributed by atoms with Crippen LogP contribution in [0.25, 0.3) is 0 Å². The van der Waals surface area contributed by atoms with E-state index in [9.17, 15) is 13.2 Å². The van der Waals surface area contributed by atoms with Crippen LogP contribution >= 0.6 is 0 Å². The van der Waals surface area contributed by atoms with Gasteiger partial charge in [0.1, 0.15) is 11.6 Å². The molecule has 0 radical (unpaired) electrons. The first-order chi connectivity index (χ1) is 9.85. The van der Waals surface area contributed by atoms with Crippen LogP contribution in [-0.4, -0.2) is 54.3 Å². The second-order valence-corrected chi connectivity index (χ2v) is 5.23. The minimum Gasteiger partial charge on any atom is -0.481 e. The topological polar surface area (TPSA) is 50.3 Å². The van der Waals surface area contributed by atoms with E-state index in [1.807, 2.05) is 0 Å². The van der Waals surface area contributed by atoms with Crippen LogP contribution in [0.2, 0.25) is 0 Å². The van der Waals surface area contributed by atoms with Gasteiger partial charge in [0, 0.05) is 19.2 Å². The van der Waals surface area contributed by atoms with E-state index in [-0.39, 0.29) is 5.92 Å². The Bertz CT molecular complexity index is 481. The van der Waals surface area contributed by atoms with Crippen LogP contribution in [0.4, 0.5) is 19.0 Å². The van der Waals surface area contributed by atoms with Gasteiger partial charge in [-0.3, -0.25) is 4.90 Å². The number of nitrogens with zero attached hydrogens (tertiary/aromatic N) is 3. The van der Waals surface area contributed by atoms with Gasteiger partial charge in [-0.1, -0.05) is 0 Å². The Labute approximate surface area is 121 Å². The molecule has 1 aromatic rings. The lowest BCUT2D eigenvalue weighted by Gasteiger charge is -2.18. The van der Waals surface area contributed by atoms with Gasteiger partial charge < -0.3 is 10.1 Å². The van der Waals surface area contributed by atoms with Crippen molar-refractivity contribution in [3.05, 3.63) is 11.9 Å². The summed E-state index contributed by atoms with van der Waals surface area (Å²) in [5.74, 6) is 1.87. The second-order valence-electron chi connectivity index (χ2n) is 5.23. The van der Waals surface area contributed by atoms with E-state index in [1.165, 1.54) is 12.0 Å². The van der Waals surface area contributed by atoms with Crippen LogP contribution in [-0.2, 0) is 0 Å². The van der Waals surface area contributed by atoms with Gasteiger partial charge in [-0.05, 0) is 25.8 Å². The number of methoxy groups -OCH3 is 1. The monoisotopic (exact) mass is 304 g/mol. The molecular formula is C13H19F3N4O. The van der Waals surface area contributed by atoms with Crippen molar-refractivity contribution in [3.63, 3.8) is 0 Å². The third-order valence-electron chi connectivity index (χ3n) is 3.37. The van der Waals surface area contributed by atoms with Crippen molar-refractivity contribution in [2.45, 2.75) is 19.5 Å². The van der Waals surface area contributed by atoms with Crippen LogP contribution in [0, 0.1) is 12.8 Å². The largest absolute Gasteiger partial charge is 0.481 e. The number of nitrogens with one attached hydrogen (secondary N) is 1. The zero-order valence-electron chi connectivity index (χ0n) is 12.1. The predicted octanol–water partition coefficient (Wildman–Crippen LogP) is 2.09. The Hall–Kier alpha value is -1.57. The molecule has 0 bridgehead atoms. The number of anilines is 1. The first kappa shape index (κ1) is 15.8. The third kappa shape index (κ3) is 5.04. The lowest BCUT2D eigenvalue weighted by atomic mass is 10.1. The molecule has 1 unspecified atom stereocenters. The Kier molecular flexibility index (Phi) is 4.87. The number of aryl methyl sites for hydroxylation is 1. The number of ether oxygens (including phenoxy) is 1. The Morgan fingerprint density at radius 3 is 2.86 bits per heavy atom. The van der Waals surface area contributed by atoms with Crippen molar-refractivity contribution in [2.75, 3.05) is 38.6 Å². The zero-order valence-corrected chi connectivity index (χ0v) is 12.1. The predicted molar refractivity (Wildman–Crippen MR) is 72.4 cm³/mol. The van der Waals surface area contributed by atoms with E-state index >= 15 is 0 Å². The number of hydrogen-bond donors (Lipinski definition) is 1. The van der Waals surface area contributed by atoms with Gasteiger partial charge in [0.25, 0.3) is 0 Å². The molecule has 1 aliphatic heterocycles. The van der Waals surface area contributed by atoms with Crippen LogP contribution in [0.5, 0.6) is 5.88 Å². The lowest BCUT2D eigenvalue weighted by molar-refractivity contribution is -0.143. The average molecular weight is 304 g/mol. The van der Waals surface area contributed by atoms with E-state index in [0.29, 0.717) is 37.2 Å². The summed E-state index contributed by atoms with van der Waals surface area (Å²) < 4.78 is 42.0. The van der Waals surface area contributed by atoms with Gasteiger partial charge in [0.15, 0.2) is 0 Å². The number of rotatable bonds is 5. The molecule has 1 atom stereocenters. The molecule has 0 spiro atoms. The minimum absolute atomic E-state index is 0.189. The fourth-order valence-corrected chi connectivity index (χ4v) is 2.46. The fourth-order valence-electron chi connectivity index (χ4n) is 2.46. The highest BCUT2D eigenvalue weighted by atomic mass is 19.4. The molecular weight excluding hydrogens is 285 g/mol. The second kappa shape index (κ2) is 6.46. The number of hydrogen-bond acceptors (Lipinski definition) is 5. The SMILES string of the molecule is COc1cc(NCC2CCN(CC(F)(F)F)C2)nc(C)n1. The van der Waals surface area contributed by atoms with E-state index in [0.717, 1.165) is 6.42 Å². The number of aromatic nitrogens is 2. The number of likely N-dealkylation sites (tertiary alicyclic amines) is 1.